The highest BCUT2D eigenvalue weighted by Crippen LogP contribution is 2.13. The van der Waals surface area contributed by atoms with Gasteiger partial charge in [0.25, 0.3) is 0 Å². The molecule has 1 aromatic rings. The summed E-state index contributed by atoms with van der Waals surface area (Å²) >= 11 is 3.44. The lowest BCUT2D eigenvalue weighted by atomic mass is 10.1. The highest BCUT2D eigenvalue weighted by molar-refractivity contribution is 9.09. The maximum Gasteiger partial charge on any atom is 0.224 e. The van der Waals surface area contributed by atoms with E-state index in [0.717, 1.165) is 36.7 Å². The Morgan fingerprint density at radius 2 is 2.05 bits per heavy atom. The zero-order valence-electron chi connectivity index (χ0n) is 11.8. The van der Waals surface area contributed by atoms with Crippen LogP contribution in [0.5, 0.6) is 0 Å². The lowest BCUT2D eigenvalue weighted by Crippen LogP contribution is -2.11. The standard InChI is InChI=1S/C16H24BrNO/c1-2-3-4-5-11-16(19)18-15-10-6-8-14(13-15)9-7-12-17/h6,8,10,13H,2-5,7,9,11-12H2,1H3,(H,18,19). The van der Waals surface area contributed by atoms with Gasteiger partial charge in [0, 0.05) is 17.4 Å². The number of benzene rings is 1. The van der Waals surface area contributed by atoms with Crippen LogP contribution in [0, 0.1) is 0 Å². The summed E-state index contributed by atoms with van der Waals surface area (Å²) in [5.41, 5.74) is 2.20. The van der Waals surface area contributed by atoms with Crippen molar-refractivity contribution >= 4 is 27.5 Å². The number of rotatable bonds is 9. The average Bonchev–Trinajstić information content (AvgIpc) is 2.42. The van der Waals surface area contributed by atoms with Crippen LogP contribution in [-0.4, -0.2) is 11.2 Å². The molecule has 0 aromatic heterocycles. The molecule has 0 saturated carbocycles. The van der Waals surface area contributed by atoms with Gasteiger partial charge < -0.3 is 5.32 Å². The van der Waals surface area contributed by atoms with E-state index >= 15 is 0 Å². The topological polar surface area (TPSA) is 29.1 Å². The van der Waals surface area contributed by atoms with Gasteiger partial charge in [0.05, 0.1) is 0 Å². The number of amides is 1. The van der Waals surface area contributed by atoms with E-state index in [2.05, 4.69) is 40.3 Å². The van der Waals surface area contributed by atoms with E-state index in [-0.39, 0.29) is 5.91 Å². The van der Waals surface area contributed by atoms with Gasteiger partial charge in [-0.05, 0) is 37.0 Å². The van der Waals surface area contributed by atoms with Crippen molar-refractivity contribution < 1.29 is 4.79 Å². The molecule has 0 aliphatic carbocycles. The minimum atomic E-state index is 0.133. The molecule has 3 heteroatoms. The van der Waals surface area contributed by atoms with Crippen molar-refractivity contribution in [3.8, 4) is 0 Å². The number of unbranched alkanes of at least 4 members (excludes halogenated alkanes) is 3. The number of aryl methyl sites for hydroxylation is 1. The highest BCUT2D eigenvalue weighted by atomic mass is 79.9. The molecule has 1 N–H and O–H groups in total. The summed E-state index contributed by atoms with van der Waals surface area (Å²) in [5.74, 6) is 0.133. The number of hydrogen-bond acceptors (Lipinski definition) is 1. The Kier molecular flexibility index (Phi) is 8.55. The molecule has 1 rings (SSSR count). The predicted molar refractivity (Wildman–Crippen MR) is 85.9 cm³/mol. The summed E-state index contributed by atoms with van der Waals surface area (Å²) in [5, 5.41) is 4.00. The number of carbonyl (C=O) groups excluding carboxylic acids is 1. The second kappa shape index (κ2) is 10.0. The molecule has 0 fully saturated rings. The van der Waals surface area contributed by atoms with Crippen molar-refractivity contribution in [3.05, 3.63) is 29.8 Å². The summed E-state index contributed by atoms with van der Waals surface area (Å²) in [7, 11) is 0. The molecule has 0 bridgehead atoms. The third-order valence-corrected chi connectivity index (χ3v) is 3.63. The SMILES string of the molecule is CCCCCCC(=O)Nc1cccc(CCCBr)c1. The first kappa shape index (κ1) is 16.2. The van der Waals surface area contributed by atoms with Gasteiger partial charge in [0.2, 0.25) is 5.91 Å². The number of carbonyl (C=O) groups is 1. The van der Waals surface area contributed by atoms with E-state index in [4.69, 9.17) is 0 Å². The van der Waals surface area contributed by atoms with Crippen LogP contribution >= 0.6 is 15.9 Å². The van der Waals surface area contributed by atoms with Crippen molar-refractivity contribution in [3.63, 3.8) is 0 Å². The van der Waals surface area contributed by atoms with Crippen molar-refractivity contribution in [2.24, 2.45) is 0 Å². The van der Waals surface area contributed by atoms with Gasteiger partial charge in [-0.3, -0.25) is 4.79 Å². The Labute approximate surface area is 125 Å². The summed E-state index contributed by atoms with van der Waals surface area (Å²) in [4.78, 5) is 11.8. The van der Waals surface area contributed by atoms with E-state index < -0.39 is 0 Å². The molecular formula is C16H24BrNO. The second-order valence-corrected chi connectivity index (χ2v) is 5.64. The van der Waals surface area contributed by atoms with E-state index in [0.29, 0.717) is 6.42 Å². The molecule has 0 aliphatic rings. The molecule has 0 spiro atoms. The molecule has 1 aromatic carbocycles. The smallest absolute Gasteiger partial charge is 0.224 e. The Morgan fingerprint density at radius 3 is 2.79 bits per heavy atom. The Morgan fingerprint density at radius 1 is 1.21 bits per heavy atom. The highest BCUT2D eigenvalue weighted by Gasteiger charge is 2.02. The van der Waals surface area contributed by atoms with Crippen molar-refractivity contribution in [1.29, 1.82) is 0 Å². The lowest BCUT2D eigenvalue weighted by molar-refractivity contribution is -0.116. The summed E-state index contributed by atoms with van der Waals surface area (Å²) in [6, 6.07) is 8.16. The zero-order chi connectivity index (χ0) is 13.9. The van der Waals surface area contributed by atoms with Gasteiger partial charge in [-0.25, -0.2) is 0 Å². The van der Waals surface area contributed by atoms with E-state index in [1.165, 1.54) is 18.4 Å². The number of nitrogens with one attached hydrogen (secondary N) is 1. The normalized spacial score (nSPS) is 10.4. The van der Waals surface area contributed by atoms with Crippen LogP contribution in [0.4, 0.5) is 5.69 Å². The molecule has 0 aliphatic heterocycles. The Balaban J connectivity index is 2.36. The molecule has 0 atom stereocenters. The predicted octanol–water partition coefficient (Wildman–Crippen LogP) is 4.92. The monoisotopic (exact) mass is 325 g/mol. The largest absolute Gasteiger partial charge is 0.326 e. The first-order valence-corrected chi connectivity index (χ1v) is 8.33. The Bertz CT molecular complexity index is 379. The third-order valence-electron chi connectivity index (χ3n) is 3.07. The molecule has 106 valence electrons. The molecule has 2 nitrogen and oxygen atoms in total. The average molecular weight is 326 g/mol. The minimum Gasteiger partial charge on any atom is -0.326 e. The first-order chi connectivity index (χ1) is 9.26. The quantitative estimate of drug-likeness (QED) is 0.506. The first-order valence-electron chi connectivity index (χ1n) is 7.21. The van der Waals surface area contributed by atoms with Crippen molar-refractivity contribution in [2.45, 2.75) is 51.9 Å². The fourth-order valence-electron chi connectivity index (χ4n) is 2.01. The molecular weight excluding hydrogens is 302 g/mol. The van der Waals surface area contributed by atoms with Crippen LogP contribution in [0.15, 0.2) is 24.3 Å². The maximum absolute atomic E-state index is 11.8. The molecule has 0 heterocycles. The van der Waals surface area contributed by atoms with Gasteiger partial charge in [-0.1, -0.05) is 54.2 Å². The molecule has 0 unspecified atom stereocenters. The van der Waals surface area contributed by atoms with Crippen molar-refractivity contribution in [1.82, 2.24) is 0 Å². The molecule has 0 saturated heterocycles. The van der Waals surface area contributed by atoms with E-state index in [1.54, 1.807) is 0 Å². The van der Waals surface area contributed by atoms with Gasteiger partial charge >= 0.3 is 0 Å². The van der Waals surface area contributed by atoms with Crippen LogP contribution in [0.3, 0.4) is 0 Å². The summed E-state index contributed by atoms with van der Waals surface area (Å²) < 4.78 is 0. The molecule has 0 radical (unpaired) electrons. The van der Waals surface area contributed by atoms with Gasteiger partial charge in [0.15, 0.2) is 0 Å². The fraction of sp³-hybridized carbons (Fsp3) is 0.562. The second-order valence-electron chi connectivity index (χ2n) is 4.85. The molecule has 19 heavy (non-hydrogen) atoms. The van der Waals surface area contributed by atoms with Crippen LogP contribution in [0.25, 0.3) is 0 Å². The Hall–Kier alpha value is -0.830. The lowest BCUT2D eigenvalue weighted by Gasteiger charge is -2.07. The van der Waals surface area contributed by atoms with E-state index in [9.17, 15) is 4.79 Å². The van der Waals surface area contributed by atoms with E-state index in [1.807, 2.05) is 12.1 Å². The number of alkyl halides is 1. The van der Waals surface area contributed by atoms with Crippen LogP contribution in [0.2, 0.25) is 0 Å². The molecule has 1 amide bonds. The van der Waals surface area contributed by atoms with Crippen LogP contribution < -0.4 is 5.32 Å². The number of anilines is 1. The third kappa shape index (κ3) is 7.36. The summed E-state index contributed by atoms with van der Waals surface area (Å²) in [6.07, 6.45) is 7.36. The fourth-order valence-corrected chi connectivity index (χ4v) is 2.29. The van der Waals surface area contributed by atoms with Gasteiger partial charge in [-0.2, -0.15) is 0 Å². The van der Waals surface area contributed by atoms with Crippen LogP contribution in [0.1, 0.15) is 51.0 Å². The van der Waals surface area contributed by atoms with Crippen LogP contribution in [-0.2, 0) is 11.2 Å². The summed E-state index contributed by atoms with van der Waals surface area (Å²) in [6.45, 7) is 2.18. The number of halogens is 1. The van der Waals surface area contributed by atoms with Gasteiger partial charge in [0.1, 0.15) is 0 Å². The maximum atomic E-state index is 11.8. The minimum absolute atomic E-state index is 0.133. The van der Waals surface area contributed by atoms with Gasteiger partial charge in [-0.15, -0.1) is 0 Å². The van der Waals surface area contributed by atoms with Crippen molar-refractivity contribution in [2.75, 3.05) is 10.6 Å². The zero-order valence-corrected chi connectivity index (χ0v) is 13.3. The number of hydrogen-bond donors (Lipinski definition) is 1.